The number of nitrogens with zero attached hydrogens (tertiary/aromatic N) is 5. The van der Waals surface area contributed by atoms with Crippen LogP contribution in [-0.4, -0.2) is 24.5 Å². The minimum Gasteiger partial charge on any atom is -0.304 e. The Morgan fingerprint density at radius 3 is 2.88 bits per heavy atom. The largest absolute Gasteiger partial charge is 0.304 e. The van der Waals surface area contributed by atoms with Gasteiger partial charge in [-0.1, -0.05) is 0 Å². The summed E-state index contributed by atoms with van der Waals surface area (Å²) in [6.07, 6.45) is 7.48. The van der Waals surface area contributed by atoms with Gasteiger partial charge in [0.05, 0.1) is 30.0 Å². The van der Waals surface area contributed by atoms with Crippen molar-refractivity contribution >= 4 is 33.3 Å². The molecule has 4 heterocycles. The number of hydrogen-bond acceptors (Lipinski definition) is 6. The highest BCUT2D eigenvalue weighted by Gasteiger charge is 2.16. The van der Waals surface area contributed by atoms with E-state index in [9.17, 15) is 0 Å². The zero-order chi connectivity index (χ0) is 17.4. The van der Waals surface area contributed by atoms with E-state index in [4.69, 9.17) is 0 Å². The molecule has 0 saturated heterocycles. The second-order valence-corrected chi connectivity index (χ2v) is 6.73. The van der Waals surface area contributed by atoms with Crippen LogP contribution in [0.25, 0.3) is 22.2 Å². The normalized spacial score (nSPS) is 12.4. The van der Waals surface area contributed by atoms with Crippen molar-refractivity contribution in [2.24, 2.45) is 0 Å². The van der Waals surface area contributed by atoms with E-state index in [0.717, 1.165) is 33.0 Å². The summed E-state index contributed by atoms with van der Waals surface area (Å²) in [5.74, 6) is 0.532. The van der Waals surface area contributed by atoms with E-state index in [1.165, 1.54) is 11.3 Å². The first-order valence-corrected chi connectivity index (χ1v) is 8.80. The van der Waals surface area contributed by atoms with Crippen LogP contribution in [0.4, 0.5) is 11.1 Å². The number of aromatic nitrogens is 5. The molecule has 1 atom stereocenters. The summed E-state index contributed by atoms with van der Waals surface area (Å²) < 4.78 is 2.11. The Hall–Kier alpha value is -2.93. The molecule has 0 aromatic carbocycles. The van der Waals surface area contributed by atoms with Crippen LogP contribution in [0.15, 0.2) is 42.3 Å². The van der Waals surface area contributed by atoms with E-state index in [-0.39, 0.29) is 6.04 Å². The number of fused-ring (bicyclic) bond motifs is 1. The lowest BCUT2D eigenvalue weighted by Gasteiger charge is -2.03. The molecule has 25 heavy (non-hydrogen) atoms. The number of thiazole rings is 1. The van der Waals surface area contributed by atoms with Crippen LogP contribution in [0.5, 0.6) is 0 Å². The van der Waals surface area contributed by atoms with Gasteiger partial charge in [0.25, 0.3) is 0 Å². The summed E-state index contributed by atoms with van der Waals surface area (Å²) >= 11 is 1.53. The average Bonchev–Trinajstić information content (AvgIpc) is 3.19. The predicted octanol–water partition coefficient (Wildman–Crippen LogP) is 4.40. The molecule has 0 bridgehead atoms. The van der Waals surface area contributed by atoms with Crippen molar-refractivity contribution in [2.45, 2.75) is 19.9 Å². The van der Waals surface area contributed by atoms with Crippen LogP contribution in [0.1, 0.15) is 18.7 Å². The Balaban J connectivity index is 1.77. The number of rotatable bonds is 4. The van der Waals surface area contributed by atoms with E-state index in [1.54, 1.807) is 12.4 Å². The zero-order valence-electron chi connectivity index (χ0n) is 14.0. The van der Waals surface area contributed by atoms with E-state index >= 15 is 0 Å². The van der Waals surface area contributed by atoms with Gasteiger partial charge in [-0.2, -0.15) is 0 Å². The van der Waals surface area contributed by atoms with Crippen molar-refractivity contribution in [2.75, 3.05) is 5.32 Å². The average molecular weight is 349 g/mol. The van der Waals surface area contributed by atoms with Crippen LogP contribution in [0.2, 0.25) is 0 Å². The highest BCUT2D eigenvalue weighted by molar-refractivity contribution is 7.13. The first-order chi connectivity index (χ1) is 12.1. The third-order valence-corrected chi connectivity index (χ3v) is 4.76. The summed E-state index contributed by atoms with van der Waals surface area (Å²) in [6, 6.07) is 4.01. The number of aryl methyl sites for hydroxylation is 1. The minimum absolute atomic E-state index is 0.0955. The van der Waals surface area contributed by atoms with Crippen molar-refractivity contribution in [3.8, 4) is 11.3 Å². The van der Waals surface area contributed by atoms with Gasteiger partial charge in [-0.15, -0.1) is 11.3 Å². The second kappa shape index (κ2) is 6.18. The summed E-state index contributed by atoms with van der Waals surface area (Å²) in [5.41, 5.74) is 3.90. The lowest BCUT2D eigenvalue weighted by Crippen LogP contribution is -1.99. The molecule has 0 aliphatic carbocycles. The van der Waals surface area contributed by atoms with Crippen molar-refractivity contribution < 1.29 is 0 Å². The Morgan fingerprint density at radius 2 is 2.12 bits per heavy atom. The molecular formula is C18H17N6S+. The smallest absolute Gasteiger partial charge is 0.229 e. The molecule has 0 radical (unpaired) electrons. The maximum absolute atomic E-state index is 4.66. The van der Waals surface area contributed by atoms with E-state index in [1.807, 2.05) is 37.6 Å². The van der Waals surface area contributed by atoms with E-state index in [2.05, 4.69) is 42.9 Å². The fraction of sp³-hybridized carbons (Fsp3) is 0.167. The number of hydrogen-bond donors (Lipinski definition) is 1. The molecule has 4 aromatic rings. The molecular weight excluding hydrogens is 332 g/mol. The Bertz CT molecular complexity index is 1030. The molecule has 6 nitrogen and oxygen atoms in total. The number of nitrogens with one attached hydrogen (secondary N) is 1. The van der Waals surface area contributed by atoms with Crippen LogP contribution in [0.3, 0.4) is 0 Å². The first kappa shape index (κ1) is 15.6. The van der Waals surface area contributed by atoms with Gasteiger partial charge in [0, 0.05) is 34.9 Å². The third-order valence-electron chi connectivity index (χ3n) is 3.88. The molecule has 124 valence electrons. The molecule has 0 saturated carbocycles. The summed E-state index contributed by atoms with van der Waals surface area (Å²) in [5, 5.41) is 7.04. The Morgan fingerprint density at radius 1 is 1.24 bits per heavy atom. The topological polar surface area (TPSA) is 68.5 Å². The van der Waals surface area contributed by atoms with Crippen molar-refractivity contribution in [3.63, 3.8) is 0 Å². The molecule has 7 heteroatoms. The summed E-state index contributed by atoms with van der Waals surface area (Å²) in [4.78, 5) is 17.6. The predicted molar refractivity (Wildman–Crippen MR) is 101 cm³/mol. The third kappa shape index (κ3) is 2.94. The van der Waals surface area contributed by atoms with Gasteiger partial charge in [-0.3, -0.25) is 4.98 Å². The second-order valence-electron chi connectivity index (χ2n) is 5.88. The van der Waals surface area contributed by atoms with Gasteiger partial charge in [0.2, 0.25) is 5.95 Å². The standard InChI is InChI=1S/C18H17N6S/c1-11(2)24-9-14(13-4-6-19-8-16(13)24)15-5-7-20-17(22-15)23-18-21-12(3)10-25-18/h4-11H,1H2,2-3H3,(H,20,21,22,23)/q+1. The van der Waals surface area contributed by atoms with Crippen LogP contribution in [0, 0.1) is 13.8 Å². The Labute approximate surface area is 149 Å². The highest BCUT2D eigenvalue weighted by atomic mass is 32.1. The maximum atomic E-state index is 4.66. The quantitative estimate of drug-likeness (QED) is 0.553. The zero-order valence-corrected chi connectivity index (χ0v) is 14.8. The monoisotopic (exact) mass is 349 g/mol. The maximum Gasteiger partial charge on any atom is 0.229 e. The van der Waals surface area contributed by atoms with Crippen LogP contribution < -0.4 is 5.32 Å². The number of anilines is 2. The van der Waals surface area contributed by atoms with Gasteiger partial charge >= 0.3 is 0 Å². The lowest BCUT2D eigenvalue weighted by atomic mass is 10.1. The minimum atomic E-state index is 0.0955. The molecule has 0 aliphatic rings. The van der Waals surface area contributed by atoms with Gasteiger partial charge in [-0.05, 0) is 26.0 Å². The lowest BCUT2D eigenvalue weighted by molar-refractivity contribution is 0.683. The molecule has 0 amide bonds. The Kier molecular flexibility index (Phi) is 3.85. The van der Waals surface area contributed by atoms with E-state index in [0.29, 0.717) is 5.95 Å². The molecule has 1 unspecified atom stereocenters. The molecule has 0 spiro atoms. The van der Waals surface area contributed by atoms with Crippen LogP contribution in [-0.2, 0) is 0 Å². The highest BCUT2D eigenvalue weighted by Crippen LogP contribution is 2.31. The molecule has 0 fully saturated rings. The van der Waals surface area contributed by atoms with E-state index < -0.39 is 0 Å². The van der Waals surface area contributed by atoms with Gasteiger partial charge in [-0.25, -0.2) is 15.0 Å². The van der Waals surface area contributed by atoms with Gasteiger partial charge < -0.3 is 9.88 Å². The molecule has 4 aromatic heterocycles. The fourth-order valence-electron chi connectivity index (χ4n) is 2.74. The molecule has 1 N–H and O–H groups in total. The van der Waals surface area contributed by atoms with Crippen LogP contribution >= 0.6 is 11.3 Å². The summed E-state index contributed by atoms with van der Waals surface area (Å²) in [6.45, 7) is 8.13. The van der Waals surface area contributed by atoms with Crippen molar-refractivity contribution in [1.82, 2.24) is 24.5 Å². The molecule has 0 aliphatic heterocycles. The first-order valence-electron chi connectivity index (χ1n) is 7.92. The summed E-state index contributed by atoms with van der Waals surface area (Å²) in [7, 11) is 0. The fourth-order valence-corrected chi connectivity index (χ4v) is 3.42. The SMILES string of the molecule is [CH2+]C(C)n1cc(-c2ccnc(Nc3nc(C)cs3)n2)c2ccncc21. The van der Waals surface area contributed by atoms with Crippen molar-refractivity contribution in [1.29, 1.82) is 0 Å². The molecule has 4 rings (SSSR count). The number of pyridine rings is 1. The van der Waals surface area contributed by atoms with Gasteiger partial charge in [0.15, 0.2) is 11.2 Å². The van der Waals surface area contributed by atoms with Gasteiger partial charge in [0.1, 0.15) is 0 Å². The van der Waals surface area contributed by atoms with Crippen molar-refractivity contribution in [3.05, 3.63) is 54.9 Å².